The highest BCUT2D eigenvalue weighted by atomic mass is 35.5. The van der Waals surface area contributed by atoms with E-state index in [0.717, 1.165) is 13.3 Å². The van der Waals surface area contributed by atoms with E-state index in [9.17, 15) is 13.6 Å². The third-order valence-electron chi connectivity index (χ3n) is 1.66. The van der Waals surface area contributed by atoms with Crippen molar-refractivity contribution in [3.8, 4) is 5.75 Å². The number of carbonyl (C=O) groups excluding carboxylic acids is 1. The van der Waals surface area contributed by atoms with Gasteiger partial charge in [-0.2, -0.15) is 0 Å². The molecule has 0 N–H and O–H groups in total. The highest BCUT2D eigenvalue weighted by Gasteiger charge is 2.25. The molecule has 1 aromatic heterocycles. The second kappa shape index (κ2) is 4.72. The fourth-order valence-corrected chi connectivity index (χ4v) is 1.43. The van der Waals surface area contributed by atoms with Crippen molar-refractivity contribution in [3.05, 3.63) is 22.5 Å². The number of aromatic nitrogens is 1. The van der Waals surface area contributed by atoms with E-state index in [0.29, 0.717) is 0 Å². The van der Waals surface area contributed by atoms with Crippen molar-refractivity contribution in [3.63, 3.8) is 0 Å². The molecule has 0 aliphatic carbocycles. The second-order valence-corrected chi connectivity index (χ2v) is 3.19. The highest BCUT2D eigenvalue weighted by Crippen LogP contribution is 2.36. The van der Waals surface area contributed by atoms with Crippen molar-refractivity contribution in [2.24, 2.45) is 0 Å². The van der Waals surface area contributed by atoms with Gasteiger partial charge in [-0.05, 0) is 11.6 Å². The van der Waals surface area contributed by atoms with Crippen molar-refractivity contribution in [2.45, 2.75) is 6.43 Å². The molecule has 0 saturated heterocycles. The second-order valence-electron chi connectivity index (χ2n) is 2.48. The molecule has 0 unspecified atom stereocenters. The number of halogens is 4. The maximum atomic E-state index is 12.6. The van der Waals surface area contributed by atoms with Crippen LogP contribution in [-0.4, -0.2) is 17.3 Å². The summed E-state index contributed by atoms with van der Waals surface area (Å²) < 4.78 is 29.9. The molecule has 0 amide bonds. The number of pyridine rings is 1. The van der Waals surface area contributed by atoms with Gasteiger partial charge in [-0.1, -0.05) is 11.6 Å². The number of methoxy groups -OCH3 is 1. The average Bonchev–Trinajstić information content (AvgIpc) is 2.16. The molecule has 7 heteroatoms. The van der Waals surface area contributed by atoms with E-state index in [-0.39, 0.29) is 10.9 Å². The van der Waals surface area contributed by atoms with Crippen LogP contribution >= 0.6 is 23.2 Å². The fraction of sp³-hybridized carbons (Fsp3) is 0.250. The lowest BCUT2D eigenvalue weighted by atomic mass is 10.1. The number of carbonyl (C=O) groups is 1. The highest BCUT2D eigenvalue weighted by molar-refractivity contribution is 6.68. The van der Waals surface area contributed by atoms with Gasteiger partial charge in [-0.15, -0.1) is 0 Å². The van der Waals surface area contributed by atoms with Gasteiger partial charge in [0, 0.05) is 6.20 Å². The first-order valence-corrected chi connectivity index (χ1v) is 4.45. The molecular weight excluding hydrogens is 251 g/mol. The standard InChI is InChI=1S/C8H5Cl2F2NO2/c1-15-5-4(8(11)12)3(7(10)14)2-13-6(5)9/h2,8H,1H3. The van der Waals surface area contributed by atoms with Crippen LogP contribution in [0, 0.1) is 0 Å². The Balaban J connectivity index is 3.49. The van der Waals surface area contributed by atoms with E-state index in [1.54, 1.807) is 0 Å². The van der Waals surface area contributed by atoms with Crippen LogP contribution in [0.2, 0.25) is 5.15 Å². The van der Waals surface area contributed by atoms with Crippen LogP contribution in [0.3, 0.4) is 0 Å². The van der Waals surface area contributed by atoms with Gasteiger partial charge in [-0.3, -0.25) is 4.79 Å². The Morgan fingerprint density at radius 1 is 1.60 bits per heavy atom. The van der Waals surface area contributed by atoms with Gasteiger partial charge >= 0.3 is 0 Å². The largest absolute Gasteiger partial charge is 0.493 e. The molecule has 3 nitrogen and oxygen atoms in total. The molecule has 0 spiro atoms. The molecule has 82 valence electrons. The number of hydrogen-bond acceptors (Lipinski definition) is 3. The van der Waals surface area contributed by atoms with Gasteiger partial charge in [0.05, 0.1) is 18.2 Å². The maximum absolute atomic E-state index is 12.6. The predicted octanol–water partition coefficient (Wildman–Crippen LogP) is 3.06. The third kappa shape index (κ3) is 2.35. The summed E-state index contributed by atoms with van der Waals surface area (Å²) in [6.07, 6.45) is -2.03. The number of hydrogen-bond donors (Lipinski definition) is 0. The van der Waals surface area contributed by atoms with Crippen LogP contribution in [0.25, 0.3) is 0 Å². The first kappa shape index (κ1) is 12.1. The van der Waals surface area contributed by atoms with Crippen molar-refractivity contribution in [1.82, 2.24) is 4.98 Å². The number of alkyl halides is 2. The Morgan fingerprint density at radius 3 is 2.60 bits per heavy atom. The summed E-state index contributed by atoms with van der Waals surface area (Å²) >= 11 is 10.6. The minimum atomic E-state index is -2.92. The Morgan fingerprint density at radius 2 is 2.20 bits per heavy atom. The first-order chi connectivity index (χ1) is 6.99. The van der Waals surface area contributed by atoms with Crippen molar-refractivity contribution >= 4 is 28.4 Å². The van der Waals surface area contributed by atoms with Gasteiger partial charge < -0.3 is 4.74 Å². The van der Waals surface area contributed by atoms with Crippen LogP contribution in [-0.2, 0) is 0 Å². The van der Waals surface area contributed by atoms with E-state index >= 15 is 0 Å². The number of ether oxygens (including phenoxy) is 1. The van der Waals surface area contributed by atoms with E-state index in [2.05, 4.69) is 9.72 Å². The van der Waals surface area contributed by atoms with E-state index in [1.807, 2.05) is 0 Å². The van der Waals surface area contributed by atoms with Gasteiger partial charge in [0.2, 0.25) is 0 Å². The summed E-state index contributed by atoms with van der Waals surface area (Å²) in [5.41, 5.74) is -1.05. The van der Waals surface area contributed by atoms with Crippen LogP contribution < -0.4 is 4.74 Å². The van der Waals surface area contributed by atoms with Crippen molar-refractivity contribution < 1.29 is 18.3 Å². The molecule has 0 fully saturated rings. The molecule has 1 rings (SSSR count). The quantitative estimate of drug-likeness (QED) is 0.616. The van der Waals surface area contributed by atoms with Crippen LogP contribution in [0.5, 0.6) is 5.75 Å². The molecule has 0 radical (unpaired) electrons. The maximum Gasteiger partial charge on any atom is 0.268 e. The Hall–Kier alpha value is -0.940. The summed E-state index contributed by atoms with van der Waals surface area (Å²) in [6, 6.07) is 0. The zero-order valence-electron chi connectivity index (χ0n) is 7.43. The molecule has 1 heterocycles. The minimum Gasteiger partial charge on any atom is -0.493 e. The molecule has 0 bridgehead atoms. The lowest BCUT2D eigenvalue weighted by Gasteiger charge is -2.11. The SMILES string of the molecule is COc1c(Cl)ncc(C(=O)Cl)c1C(F)F. The number of nitrogens with zero attached hydrogens (tertiary/aromatic N) is 1. The molecule has 0 saturated carbocycles. The van der Waals surface area contributed by atoms with Gasteiger partial charge in [0.15, 0.2) is 10.9 Å². The van der Waals surface area contributed by atoms with Crippen LogP contribution in [0.4, 0.5) is 8.78 Å². The Bertz CT molecular complexity index is 398. The molecule has 0 aliphatic heterocycles. The Labute approximate surface area is 94.0 Å². The minimum absolute atomic E-state index is 0.241. The molecule has 0 aromatic carbocycles. The summed E-state index contributed by atoms with van der Waals surface area (Å²) in [6.45, 7) is 0. The van der Waals surface area contributed by atoms with E-state index < -0.39 is 22.8 Å². The summed E-state index contributed by atoms with van der Waals surface area (Å²) in [7, 11) is 1.15. The zero-order valence-corrected chi connectivity index (χ0v) is 8.94. The first-order valence-electron chi connectivity index (χ1n) is 3.69. The van der Waals surface area contributed by atoms with Gasteiger partial charge in [0.1, 0.15) is 0 Å². The van der Waals surface area contributed by atoms with Crippen LogP contribution in [0.1, 0.15) is 22.3 Å². The molecular formula is C8H5Cl2F2NO2. The fourth-order valence-electron chi connectivity index (χ4n) is 1.05. The third-order valence-corrected chi connectivity index (χ3v) is 2.14. The van der Waals surface area contributed by atoms with Gasteiger partial charge in [0.25, 0.3) is 11.7 Å². The normalized spacial score (nSPS) is 10.5. The molecule has 1 aromatic rings. The number of rotatable bonds is 3. The lowest BCUT2D eigenvalue weighted by Crippen LogP contribution is -2.03. The van der Waals surface area contributed by atoms with E-state index in [1.165, 1.54) is 0 Å². The topological polar surface area (TPSA) is 39.2 Å². The summed E-state index contributed by atoms with van der Waals surface area (Å²) in [4.78, 5) is 14.4. The predicted molar refractivity (Wildman–Crippen MR) is 50.9 cm³/mol. The monoisotopic (exact) mass is 255 g/mol. The smallest absolute Gasteiger partial charge is 0.268 e. The Kier molecular flexibility index (Phi) is 3.82. The van der Waals surface area contributed by atoms with Crippen molar-refractivity contribution in [1.29, 1.82) is 0 Å². The van der Waals surface area contributed by atoms with Gasteiger partial charge in [-0.25, -0.2) is 13.8 Å². The zero-order chi connectivity index (χ0) is 11.6. The molecule has 0 aliphatic rings. The van der Waals surface area contributed by atoms with Crippen molar-refractivity contribution in [2.75, 3.05) is 7.11 Å². The lowest BCUT2D eigenvalue weighted by molar-refractivity contribution is 0.106. The molecule has 0 atom stereocenters. The summed E-state index contributed by atoms with van der Waals surface area (Å²) in [5, 5.41) is -1.28. The average molecular weight is 256 g/mol. The molecule has 15 heavy (non-hydrogen) atoms. The van der Waals surface area contributed by atoms with Crippen LogP contribution in [0.15, 0.2) is 6.20 Å². The van der Waals surface area contributed by atoms with E-state index in [4.69, 9.17) is 23.2 Å². The summed E-state index contributed by atoms with van der Waals surface area (Å²) in [5.74, 6) is -0.335.